The van der Waals surface area contributed by atoms with E-state index in [2.05, 4.69) is 24.1 Å². The number of rotatable bonds is 3. The van der Waals surface area contributed by atoms with Crippen molar-refractivity contribution >= 4 is 23.0 Å². The highest BCUT2D eigenvalue weighted by molar-refractivity contribution is 7.80. The molecule has 3 unspecified atom stereocenters. The Morgan fingerprint density at radius 1 is 1.33 bits per heavy atom. The lowest BCUT2D eigenvalue weighted by Crippen LogP contribution is -2.30. The third-order valence-electron chi connectivity index (χ3n) is 3.95. The SMILES string of the molecule is CC1CCC(Nc2cccc(C(N)=S)n2)CC1C. The van der Waals surface area contributed by atoms with E-state index in [1.807, 2.05) is 18.2 Å². The van der Waals surface area contributed by atoms with E-state index in [-0.39, 0.29) is 0 Å². The second-order valence-corrected chi connectivity index (χ2v) is 5.82. The Labute approximate surface area is 114 Å². The largest absolute Gasteiger partial charge is 0.388 e. The highest BCUT2D eigenvalue weighted by atomic mass is 32.1. The maximum atomic E-state index is 5.60. The first-order chi connectivity index (χ1) is 8.56. The van der Waals surface area contributed by atoms with Gasteiger partial charge in [0.2, 0.25) is 0 Å². The molecule has 1 aliphatic rings. The number of aromatic nitrogens is 1. The number of nitrogens with zero attached hydrogens (tertiary/aromatic N) is 1. The molecule has 0 bridgehead atoms. The molecule has 1 aliphatic carbocycles. The van der Waals surface area contributed by atoms with Crippen LogP contribution < -0.4 is 11.1 Å². The lowest BCUT2D eigenvalue weighted by atomic mass is 9.79. The van der Waals surface area contributed by atoms with Gasteiger partial charge < -0.3 is 11.1 Å². The highest BCUT2D eigenvalue weighted by Crippen LogP contribution is 2.30. The van der Waals surface area contributed by atoms with Crippen LogP contribution in [0.4, 0.5) is 5.82 Å². The number of anilines is 1. The molecule has 3 N–H and O–H groups in total. The summed E-state index contributed by atoms with van der Waals surface area (Å²) in [6.45, 7) is 4.67. The lowest BCUT2D eigenvalue weighted by Gasteiger charge is -2.32. The summed E-state index contributed by atoms with van der Waals surface area (Å²) in [4.78, 5) is 4.78. The van der Waals surface area contributed by atoms with Crippen molar-refractivity contribution in [3.05, 3.63) is 23.9 Å². The Hall–Kier alpha value is -1.16. The minimum Gasteiger partial charge on any atom is -0.388 e. The van der Waals surface area contributed by atoms with Gasteiger partial charge in [-0.15, -0.1) is 0 Å². The molecule has 1 aromatic heterocycles. The van der Waals surface area contributed by atoms with Crippen molar-refractivity contribution < 1.29 is 0 Å². The minimum absolute atomic E-state index is 0.351. The van der Waals surface area contributed by atoms with Crippen LogP contribution in [-0.4, -0.2) is 16.0 Å². The van der Waals surface area contributed by atoms with Gasteiger partial charge in [-0.05, 0) is 43.2 Å². The summed E-state index contributed by atoms with van der Waals surface area (Å²) in [7, 11) is 0. The normalized spacial score (nSPS) is 27.8. The smallest absolute Gasteiger partial charge is 0.126 e. The van der Waals surface area contributed by atoms with Crippen LogP contribution in [0.3, 0.4) is 0 Å². The van der Waals surface area contributed by atoms with Crippen LogP contribution >= 0.6 is 12.2 Å². The number of hydrogen-bond acceptors (Lipinski definition) is 3. The van der Waals surface area contributed by atoms with Gasteiger partial charge in [0.25, 0.3) is 0 Å². The molecular weight excluding hydrogens is 242 g/mol. The molecule has 98 valence electrons. The lowest BCUT2D eigenvalue weighted by molar-refractivity contribution is 0.260. The van der Waals surface area contributed by atoms with E-state index in [4.69, 9.17) is 18.0 Å². The molecule has 18 heavy (non-hydrogen) atoms. The fraction of sp³-hybridized carbons (Fsp3) is 0.571. The summed E-state index contributed by atoms with van der Waals surface area (Å²) in [6, 6.07) is 6.28. The number of pyridine rings is 1. The number of thiocarbonyl (C=S) groups is 1. The molecule has 1 aromatic rings. The summed E-state index contributed by atoms with van der Waals surface area (Å²) in [5.74, 6) is 2.49. The fourth-order valence-electron chi connectivity index (χ4n) is 2.54. The van der Waals surface area contributed by atoms with Crippen LogP contribution in [-0.2, 0) is 0 Å². The first kappa shape index (κ1) is 13.3. The average molecular weight is 263 g/mol. The van der Waals surface area contributed by atoms with E-state index in [1.165, 1.54) is 19.3 Å². The molecule has 1 saturated carbocycles. The molecule has 1 fully saturated rings. The van der Waals surface area contributed by atoms with Crippen molar-refractivity contribution in [1.29, 1.82) is 0 Å². The maximum Gasteiger partial charge on any atom is 0.126 e. The average Bonchev–Trinajstić information content (AvgIpc) is 2.34. The third-order valence-corrected chi connectivity index (χ3v) is 4.16. The van der Waals surface area contributed by atoms with Crippen molar-refractivity contribution in [2.45, 2.75) is 39.2 Å². The van der Waals surface area contributed by atoms with Crippen molar-refractivity contribution in [2.75, 3.05) is 5.32 Å². The molecule has 0 amide bonds. The van der Waals surface area contributed by atoms with Gasteiger partial charge in [0.05, 0.1) is 5.69 Å². The van der Waals surface area contributed by atoms with E-state index in [1.54, 1.807) is 0 Å². The van der Waals surface area contributed by atoms with E-state index < -0.39 is 0 Å². The molecule has 3 atom stereocenters. The molecular formula is C14H21N3S. The Balaban J connectivity index is 2.01. The van der Waals surface area contributed by atoms with Crippen LogP contribution in [0.2, 0.25) is 0 Å². The zero-order valence-electron chi connectivity index (χ0n) is 11.0. The van der Waals surface area contributed by atoms with E-state index in [9.17, 15) is 0 Å². The molecule has 0 spiro atoms. The zero-order chi connectivity index (χ0) is 13.1. The van der Waals surface area contributed by atoms with Crippen LogP contribution in [0.15, 0.2) is 18.2 Å². The Kier molecular flexibility index (Phi) is 4.17. The first-order valence-corrected chi connectivity index (χ1v) is 7.00. The molecule has 0 radical (unpaired) electrons. The Morgan fingerprint density at radius 3 is 2.78 bits per heavy atom. The highest BCUT2D eigenvalue weighted by Gasteiger charge is 2.24. The quantitative estimate of drug-likeness (QED) is 0.823. The van der Waals surface area contributed by atoms with Gasteiger partial charge in [0.15, 0.2) is 0 Å². The van der Waals surface area contributed by atoms with E-state index in [0.717, 1.165) is 17.7 Å². The van der Waals surface area contributed by atoms with Crippen molar-refractivity contribution in [1.82, 2.24) is 4.98 Å². The molecule has 4 heteroatoms. The van der Waals surface area contributed by atoms with E-state index in [0.29, 0.717) is 16.7 Å². The van der Waals surface area contributed by atoms with Crippen molar-refractivity contribution in [3.8, 4) is 0 Å². The van der Waals surface area contributed by atoms with Crippen LogP contribution in [0, 0.1) is 11.8 Å². The zero-order valence-corrected chi connectivity index (χ0v) is 11.8. The molecule has 1 heterocycles. The second-order valence-electron chi connectivity index (χ2n) is 5.38. The molecule has 2 rings (SSSR count). The number of nitrogens with two attached hydrogens (primary N) is 1. The molecule has 3 nitrogen and oxygen atoms in total. The van der Waals surface area contributed by atoms with Gasteiger partial charge >= 0.3 is 0 Å². The molecule has 0 saturated heterocycles. The van der Waals surface area contributed by atoms with Crippen LogP contribution in [0.5, 0.6) is 0 Å². The summed E-state index contributed by atoms with van der Waals surface area (Å²) < 4.78 is 0. The Bertz CT molecular complexity index is 433. The summed E-state index contributed by atoms with van der Waals surface area (Å²) in [5, 5.41) is 3.50. The Morgan fingerprint density at radius 2 is 2.11 bits per heavy atom. The standard InChI is InChI=1S/C14H21N3S/c1-9-6-7-11(8-10(9)2)16-13-5-3-4-12(17-13)14(15)18/h3-5,9-11H,6-8H2,1-2H3,(H2,15,18)(H,16,17). The van der Waals surface area contributed by atoms with E-state index >= 15 is 0 Å². The predicted octanol–water partition coefficient (Wildman–Crippen LogP) is 2.95. The van der Waals surface area contributed by atoms with Gasteiger partial charge in [-0.1, -0.05) is 32.1 Å². The topological polar surface area (TPSA) is 50.9 Å². The molecule has 0 aromatic carbocycles. The van der Waals surface area contributed by atoms with Gasteiger partial charge in [-0.25, -0.2) is 4.98 Å². The number of nitrogens with one attached hydrogen (secondary N) is 1. The van der Waals surface area contributed by atoms with Crippen LogP contribution in [0.25, 0.3) is 0 Å². The maximum absolute atomic E-state index is 5.60. The van der Waals surface area contributed by atoms with Crippen LogP contribution in [0.1, 0.15) is 38.8 Å². The summed E-state index contributed by atoms with van der Waals surface area (Å²) in [5.41, 5.74) is 6.28. The van der Waals surface area contributed by atoms with Crippen molar-refractivity contribution in [3.63, 3.8) is 0 Å². The van der Waals surface area contributed by atoms with Gasteiger partial charge in [0.1, 0.15) is 10.8 Å². The fourth-order valence-corrected chi connectivity index (χ4v) is 2.65. The second kappa shape index (κ2) is 5.65. The van der Waals surface area contributed by atoms with Gasteiger partial charge in [-0.3, -0.25) is 0 Å². The van der Waals surface area contributed by atoms with Gasteiger partial charge in [-0.2, -0.15) is 0 Å². The minimum atomic E-state index is 0.351. The van der Waals surface area contributed by atoms with Crippen molar-refractivity contribution in [2.24, 2.45) is 17.6 Å². The monoisotopic (exact) mass is 263 g/mol. The summed E-state index contributed by atoms with van der Waals surface area (Å²) >= 11 is 4.95. The third kappa shape index (κ3) is 3.19. The summed E-state index contributed by atoms with van der Waals surface area (Å²) in [6.07, 6.45) is 3.71. The van der Waals surface area contributed by atoms with Gasteiger partial charge in [0, 0.05) is 6.04 Å². The molecule has 0 aliphatic heterocycles. The first-order valence-electron chi connectivity index (χ1n) is 6.59. The number of hydrogen-bond donors (Lipinski definition) is 2. The predicted molar refractivity (Wildman–Crippen MR) is 79.7 cm³/mol.